The first-order valence-corrected chi connectivity index (χ1v) is 8.58. The van der Waals surface area contributed by atoms with Gasteiger partial charge in [0.25, 0.3) is 0 Å². The quantitative estimate of drug-likeness (QED) is 0.641. The summed E-state index contributed by atoms with van der Waals surface area (Å²) < 4.78 is 7.09. The molecular weight excluding hydrogens is 422 g/mol. The number of carbonyl (C=O) groups excluding carboxylic acids is 1. The van der Waals surface area contributed by atoms with Crippen LogP contribution in [0.15, 0.2) is 45.4 Å². The number of anilines is 1. The number of hydrogen-bond acceptors (Lipinski definition) is 2. The van der Waals surface area contributed by atoms with Gasteiger partial charge in [0.1, 0.15) is 5.75 Å². The van der Waals surface area contributed by atoms with Crippen LogP contribution in [0.2, 0.25) is 0 Å². The molecule has 0 atom stereocenters. The van der Waals surface area contributed by atoms with Crippen molar-refractivity contribution in [1.29, 1.82) is 0 Å². The molecule has 0 aliphatic carbocycles. The summed E-state index contributed by atoms with van der Waals surface area (Å²) in [5.74, 6) is 0.501. The molecule has 1 N–H and O–H groups in total. The predicted octanol–water partition coefficient (Wildman–Crippen LogP) is 5.49. The normalized spacial score (nSPS) is 10.8. The zero-order chi connectivity index (χ0) is 17.0. The second-order valence-electron chi connectivity index (χ2n) is 5.15. The molecule has 2 aromatic rings. The van der Waals surface area contributed by atoms with Gasteiger partial charge in [-0.1, -0.05) is 28.1 Å². The van der Waals surface area contributed by atoms with E-state index in [-0.39, 0.29) is 5.91 Å². The molecule has 2 rings (SSSR count). The summed E-state index contributed by atoms with van der Waals surface area (Å²) in [5, 5.41) is 2.90. The number of carbonyl (C=O) groups is 1. The van der Waals surface area contributed by atoms with Gasteiger partial charge in [0.15, 0.2) is 0 Å². The number of aryl methyl sites for hydroxylation is 2. The lowest BCUT2D eigenvalue weighted by Gasteiger charge is -2.09. The maximum absolute atomic E-state index is 12.2. The van der Waals surface area contributed by atoms with Crippen molar-refractivity contribution < 1.29 is 9.53 Å². The van der Waals surface area contributed by atoms with E-state index in [4.69, 9.17) is 4.74 Å². The lowest BCUT2D eigenvalue weighted by Crippen LogP contribution is -2.09. The van der Waals surface area contributed by atoms with Crippen molar-refractivity contribution in [3.8, 4) is 5.75 Å². The summed E-state index contributed by atoms with van der Waals surface area (Å²) in [6.45, 7) is 3.96. The molecule has 1 amide bonds. The van der Waals surface area contributed by atoms with Gasteiger partial charge in [0.2, 0.25) is 5.91 Å². The van der Waals surface area contributed by atoms with Crippen molar-refractivity contribution in [2.24, 2.45) is 0 Å². The molecule has 2 aromatic carbocycles. The Bertz CT molecular complexity index is 770. The van der Waals surface area contributed by atoms with Crippen LogP contribution >= 0.6 is 31.9 Å². The number of benzene rings is 2. The fourth-order valence-electron chi connectivity index (χ4n) is 2.13. The second kappa shape index (κ2) is 7.79. The number of halogens is 2. The van der Waals surface area contributed by atoms with Gasteiger partial charge in [-0.3, -0.25) is 4.79 Å². The molecule has 0 heterocycles. The first-order chi connectivity index (χ1) is 10.9. The van der Waals surface area contributed by atoms with Crippen LogP contribution in [-0.2, 0) is 4.79 Å². The maximum atomic E-state index is 12.2. The molecule has 120 valence electrons. The van der Waals surface area contributed by atoms with E-state index in [0.29, 0.717) is 5.75 Å². The Labute approximate surface area is 153 Å². The fourth-order valence-corrected chi connectivity index (χ4v) is 3.55. The van der Waals surface area contributed by atoms with E-state index >= 15 is 0 Å². The minimum Gasteiger partial charge on any atom is -0.495 e. The Balaban J connectivity index is 2.20. The minimum atomic E-state index is -0.183. The number of methoxy groups -OCH3 is 1. The zero-order valence-electron chi connectivity index (χ0n) is 13.1. The highest BCUT2D eigenvalue weighted by Gasteiger charge is 2.08. The standard InChI is InChI=1S/C18H17Br2NO2/c1-11-4-5-12(2)16(8-11)21-17(22)7-6-13-9-14(19)10-15(20)18(13)23-3/h4-10H,1-3H3,(H,21,22). The number of rotatable bonds is 4. The molecular formula is C18H17Br2NO2. The largest absolute Gasteiger partial charge is 0.495 e. The molecule has 0 spiro atoms. The Morgan fingerprint density at radius 2 is 1.91 bits per heavy atom. The second-order valence-corrected chi connectivity index (χ2v) is 6.92. The first kappa shape index (κ1) is 17.8. The minimum absolute atomic E-state index is 0.183. The van der Waals surface area contributed by atoms with E-state index in [2.05, 4.69) is 37.2 Å². The van der Waals surface area contributed by atoms with E-state index in [0.717, 1.165) is 31.3 Å². The Morgan fingerprint density at radius 3 is 2.61 bits per heavy atom. The van der Waals surface area contributed by atoms with E-state index in [1.807, 2.05) is 44.2 Å². The van der Waals surface area contributed by atoms with E-state index in [1.165, 1.54) is 6.08 Å². The molecule has 23 heavy (non-hydrogen) atoms. The monoisotopic (exact) mass is 437 g/mol. The van der Waals surface area contributed by atoms with Gasteiger partial charge < -0.3 is 10.1 Å². The van der Waals surface area contributed by atoms with Gasteiger partial charge in [0, 0.05) is 21.8 Å². The molecule has 0 radical (unpaired) electrons. The molecule has 0 bridgehead atoms. The van der Waals surface area contributed by atoms with Crippen LogP contribution in [0.1, 0.15) is 16.7 Å². The molecule has 0 fully saturated rings. The summed E-state index contributed by atoms with van der Waals surface area (Å²) in [7, 11) is 1.60. The number of ether oxygens (including phenoxy) is 1. The summed E-state index contributed by atoms with van der Waals surface area (Å²) >= 11 is 6.88. The van der Waals surface area contributed by atoms with E-state index in [9.17, 15) is 4.79 Å². The van der Waals surface area contributed by atoms with Crippen molar-refractivity contribution in [2.45, 2.75) is 13.8 Å². The number of nitrogens with one attached hydrogen (secondary N) is 1. The van der Waals surface area contributed by atoms with Crippen LogP contribution in [0, 0.1) is 13.8 Å². The topological polar surface area (TPSA) is 38.3 Å². The average Bonchev–Trinajstić information content (AvgIpc) is 2.48. The summed E-state index contributed by atoms with van der Waals surface area (Å²) in [5.41, 5.74) is 3.76. The number of hydrogen-bond donors (Lipinski definition) is 1. The van der Waals surface area contributed by atoms with E-state index in [1.54, 1.807) is 13.2 Å². The molecule has 0 aromatic heterocycles. The van der Waals surface area contributed by atoms with Gasteiger partial charge in [0.05, 0.1) is 11.6 Å². The average molecular weight is 439 g/mol. The molecule has 0 aliphatic heterocycles. The Hall–Kier alpha value is -1.59. The van der Waals surface area contributed by atoms with Crippen LogP contribution in [0.5, 0.6) is 5.75 Å². The molecule has 0 saturated carbocycles. The van der Waals surface area contributed by atoms with Crippen LogP contribution in [0.4, 0.5) is 5.69 Å². The Morgan fingerprint density at radius 1 is 1.17 bits per heavy atom. The number of amides is 1. The zero-order valence-corrected chi connectivity index (χ0v) is 16.3. The highest BCUT2D eigenvalue weighted by atomic mass is 79.9. The molecule has 3 nitrogen and oxygen atoms in total. The van der Waals surface area contributed by atoms with E-state index < -0.39 is 0 Å². The first-order valence-electron chi connectivity index (χ1n) is 7.00. The summed E-state index contributed by atoms with van der Waals surface area (Å²) in [6, 6.07) is 9.75. The van der Waals surface area contributed by atoms with Crippen molar-refractivity contribution in [1.82, 2.24) is 0 Å². The van der Waals surface area contributed by atoms with Gasteiger partial charge in [-0.15, -0.1) is 0 Å². The predicted molar refractivity (Wildman–Crippen MR) is 102 cm³/mol. The molecule has 0 saturated heterocycles. The highest BCUT2D eigenvalue weighted by Crippen LogP contribution is 2.33. The van der Waals surface area contributed by atoms with Gasteiger partial charge in [-0.25, -0.2) is 0 Å². The third-order valence-corrected chi connectivity index (χ3v) is 4.35. The van der Waals surface area contributed by atoms with Crippen LogP contribution in [0.3, 0.4) is 0 Å². The third kappa shape index (κ3) is 4.69. The summed E-state index contributed by atoms with van der Waals surface area (Å²) in [4.78, 5) is 12.2. The van der Waals surface area contributed by atoms with Crippen molar-refractivity contribution >= 4 is 49.5 Å². The lowest BCUT2D eigenvalue weighted by molar-refractivity contribution is -0.111. The van der Waals surface area contributed by atoms with Gasteiger partial charge >= 0.3 is 0 Å². The van der Waals surface area contributed by atoms with Gasteiger partial charge in [-0.2, -0.15) is 0 Å². The van der Waals surface area contributed by atoms with Crippen LogP contribution < -0.4 is 10.1 Å². The SMILES string of the molecule is COc1c(Br)cc(Br)cc1C=CC(=O)Nc1cc(C)ccc1C. The van der Waals surface area contributed by atoms with Crippen molar-refractivity contribution in [3.63, 3.8) is 0 Å². The molecule has 0 unspecified atom stereocenters. The maximum Gasteiger partial charge on any atom is 0.248 e. The smallest absolute Gasteiger partial charge is 0.248 e. The summed E-state index contributed by atoms with van der Waals surface area (Å²) in [6.07, 6.45) is 3.23. The Kier molecular flexibility index (Phi) is 6.02. The lowest BCUT2D eigenvalue weighted by atomic mass is 10.1. The van der Waals surface area contributed by atoms with Crippen molar-refractivity contribution in [2.75, 3.05) is 12.4 Å². The third-order valence-electron chi connectivity index (χ3n) is 3.31. The van der Waals surface area contributed by atoms with Crippen molar-refractivity contribution in [3.05, 3.63) is 62.0 Å². The fraction of sp³-hybridized carbons (Fsp3) is 0.167. The van der Waals surface area contributed by atoms with Crippen LogP contribution in [-0.4, -0.2) is 13.0 Å². The highest BCUT2D eigenvalue weighted by molar-refractivity contribution is 9.11. The van der Waals surface area contributed by atoms with Gasteiger partial charge in [-0.05, 0) is 65.2 Å². The van der Waals surface area contributed by atoms with Crippen LogP contribution in [0.25, 0.3) is 6.08 Å². The molecule has 0 aliphatic rings. The molecule has 5 heteroatoms.